The van der Waals surface area contributed by atoms with Gasteiger partial charge in [-0.2, -0.15) is 0 Å². The highest BCUT2D eigenvalue weighted by atomic mass is 16.5. The van der Waals surface area contributed by atoms with Crippen LogP contribution in [0.5, 0.6) is 11.5 Å². The van der Waals surface area contributed by atoms with Gasteiger partial charge >= 0.3 is 5.97 Å². The van der Waals surface area contributed by atoms with Crippen LogP contribution in [0.25, 0.3) is 0 Å². The van der Waals surface area contributed by atoms with Crippen LogP contribution in [0, 0.1) is 0 Å². The lowest BCUT2D eigenvalue weighted by molar-refractivity contribution is -0.155. The Hall–Kier alpha value is -2.81. The Balaban J connectivity index is 1.59. The van der Waals surface area contributed by atoms with Gasteiger partial charge in [0.05, 0.1) is 14.2 Å². The topological polar surface area (TPSA) is 106 Å². The van der Waals surface area contributed by atoms with Crippen LogP contribution < -0.4 is 9.47 Å². The fourth-order valence-corrected chi connectivity index (χ4v) is 3.45. The summed E-state index contributed by atoms with van der Waals surface area (Å²) in [6.07, 6.45) is -0.897. The molecule has 2 atom stereocenters. The Labute approximate surface area is 162 Å². The SMILES string of the molecule is COc1cc(OC)cc(C(=O)N2CCN(C(=O)[C@@H]3CC[C@H](C(=O)O)O3)CC2)c1. The van der Waals surface area contributed by atoms with E-state index in [0.717, 1.165) is 0 Å². The van der Waals surface area contributed by atoms with E-state index in [9.17, 15) is 14.4 Å². The highest BCUT2D eigenvalue weighted by molar-refractivity contribution is 5.95. The van der Waals surface area contributed by atoms with Crippen LogP contribution in [0.2, 0.25) is 0 Å². The third-order valence-electron chi connectivity index (χ3n) is 5.05. The first kappa shape index (κ1) is 19.9. The van der Waals surface area contributed by atoms with Crippen LogP contribution in [-0.4, -0.2) is 85.3 Å². The Morgan fingerprint density at radius 3 is 1.96 bits per heavy atom. The molecule has 3 rings (SSSR count). The van der Waals surface area contributed by atoms with Crippen molar-refractivity contribution >= 4 is 17.8 Å². The largest absolute Gasteiger partial charge is 0.497 e. The zero-order valence-corrected chi connectivity index (χ0v) is 15.9. The maximum absolute atomic E-state index is 12.8. The van der Waals surface area contributed by atoms with Gasteiger partial charge in [0, 0.05) is 37.8 Å². The molecule has 0 aliphatic carbocycles. The summed E-state index contributed by atoms with van der Waals surface area (Å²) >= 11 is 0. The molecule has 28 heavy (non-hydrogen) atoms. The minimum atomic E-state index is -1.04. The van der Waals surface area contributed by atoms with E-state index in [1.807, 2.05) is 0 Å². The molecule has 0 unspecified atom stereocenters. The normalized spacial score (nSPS) is 22.1. The van der Waals surface area contributed by atoms with Gasteiger partial charge in [-0.3, -0.25) is 9.59 Å². The molecule has 2 heterocycles. The van der Waals surface area contributed by atoms with Crippen molar-refractivity contribution in [2.24, 2.45) is 0 Å². The van der Waals surface area contributed by atoms with Crippen LogP contribution in [-0.2, 0) is 14.3 Å². The number of carbonyl (C=O) groups excluding carboxylic acids is 2. The molecular formula is C19H24N2O7. The molecule has 1 aromatic rings. The number of methoxy groups -OCH3 is 2. The number of benzene rings is 1. The molecular weight excluding hydrogens is 368 g/mol. The first-order valence-electron chi connectivity index (χ1n) is 9.12. The maximum Gasteiger partial charge on any atom is 0.332 e. The third-order valence-corrected chi connectivity index (χ3v) is 5.05. The maximum atomic E-state index is 12.8. The van der Waals surface area contributed by atoms with Gasteiger partial charge in [-0.1, -0.05) is 0 Å². The number of aliphatic carboxylic acids is 1. The number of rotatable bonds is 5. The quantitative estimate of drug-likeness (QED) is 0.783. The molecule has 0 bridgehead atoms. The van der Waals surface area contributed by atoms with E-state index in [2.05, 4.69) is 0 Å². The van der Waals surface area contributed by atoms with Crippen LogP contribution >= 0.6 is 0 Å². The lowest BCUT2D eigenvalue weighted by Crippen LogP contribution is -2.53. The van der Waals surface area contributed by atoms with E-state index >= 15 is 0 Å². The Kier molecular flexibility index (Phi) is 6.03. The van der Waals surface area contributed by atoms with Gasteiger partial charge in [-0.15, -0.1) is 0 Å². The molecule has 9 nitrogen and oxygen atoms in total. The molecule has 1 aromatic carbocycles. The predicted octanol–water partition coefficient (Wildman–Crippen LogP) is 0.620. The minimum absolute atomic E-state index is 0.160. The van der Waals surface area contributed by atoms with E-state index in [1.54, 1.807) is 28.0 Å². The lowest BCUT2D eigenvalue weighted by atomic mass is 10.1. The minimum Gasteiger partial charge on any atom is -0.497 e. The summed E-state index contributed by atoms with van der Waals surface area (Å²) in [4.78, 5) is 39.6. The number of amides is 2. The number of hydrogen-bond donors (Lipinski definition) is 1. The summed E-state index contributed by atoms with van der Waals surface area (Å²) in [6.45, 7) is 1.53. The average molecular weight is 392 g/mol. The van der Waals surface area contributed by atoms with Gasteiger partial charge in [0.25, 0.3) is 11.8 Å². The molecule has 9 heteroatoms. The molecule has 1 N–H and O–H groups in total. The van der Waals surface area contributed by atoms with Crippen molar-refractivity contribution in [3.05, 3.63) is 23.8 Å². The molecule has 2 saturated heterocycles. The van der Waals surface area contributed by atoms with E-state index in [-0.39, 0.29) is 11.8 Å². The van der Waals surface area contributed by atoms with Crippen molar-refractivity contribution in [3.8, 4) is 11.5 Å². The summed E-state index contributed by atoms with van der Waals surface area (Å²) < 4.78 is 15.7. The molecule has 0 saturated carbocycles. The molecule has 0 aromatic heterocycles. The number of hydrogen-bond acceptors (Lipinski definition) is 6. The first-order valence-corrected chi connectivity index (χ1v) is 9.12. The first-order chi connectivity index (χ1) is 13.4. The van der Waals surface area contributed by atoms with Gasteiger partial charge < -0.3 is 29.1 Å². The number of carbonyl (C=O) groups is 3. The number of nitrogens with zero attached hydrogens (tertiary/aromatic N) is 2. The zero-order chi connectivity index (χ0) is 20.3. The second kappa shape index (κ2) is 8.47. The fraction of sp³-hybridized carbons (Fsp3) is 0.526. The highest BCUT2D eigenvalue weighted by Crippen LogP contribution is 2.25. The summed E-state index contributed by atoms with van der Waals surface area (Å²) in [6, 6.07) is 5.00. The lowest BCUT2D eigenvalue weighted by Gasteiger charge is -2.35. The molecule has 0 radical (unpaired) electrons. The second-order valence-corrected chi connectivity index (χ2v) is 6.75. The fourth-order valence-electron chi connectivity index (χ4n) is 3.45. The number of piperazine rings is 1. The Morgan fingerprint density at radius 1 is 0.929 bits per heavy atom. The molecule has 2 amide bonds. The van der Waals surface area contributed by atoms with Crippen molar-refractivity contribution in [2.75, 3.05) is 40.4 Å². The molecule has 2 fully saturated rings. The van der Waals surface area contributed by atoms with Crippen molar-refractivity contribution in [1.29, 1.82) is 0 Å². The van der Waals surface area contributed by atoms with E-state index in [4.69, 9.17) is 19.3 Å². The highest BCUT2D eigenvalue weighted by Gasteiger charge is 2.37. The summed E-state index contributed by atoms with van der Waals surface area (Å²) in [5.41, 5.74) is 0.458. The van der Waals surface area contributed by atoms with Gasteiger partial charge in [-0.25, -0.2) is 4.79 Å². The smallest absolute Gasteiger partial charge is 0.332 e. The van der Waals surface area contributed by atoms with Gasteiger partial charge in [0.15, 0.2) is 6.10 Å². The van der Waals surface area contributed by atoms with E-state index in [1.165, 1.54) is 14.2 Å². The van der Waals surface area contributed by atoms with E-state index in [0.29, 0.717) is 56.1 Å². The summed E-state index contributed by atoms with van der Waals surface area (Å²) in [7, 11) is 3.04. The third kappa shape index (κ3) is 4.19. The molecule has 152 valence electrons. The summed E-state index contributed by atoms with van der Waals surface area (Å²) in [5, 5.41) is 8.99. The van der Waals surface area contributed by atoms with Crippen LogP contribution in [0.3, 0.4) is 0 Å². The van der Waals surface area contributed by atoms with Gasteiger partial charge in [0.2, 0.25) is 0 Å². The van der Waals surface area contributed by atoms with Crippen molar-refractivity contribution < 1.29 is 33.7 Å². The van der Waals surface area contributed by atoms with Crippen LogP contribution in [0.15, 0.2) is 18.2 Å². The second-order valence-electron chi connectivity index (χ2n) is 6.75. The Bertz CT molecular complexity index is 736. The zero-order valence-electron chi connectivity index (χ0n) is 15.9. The standard InChI is InChI=1S/C19H24N2O7/c1-26-13-9-12(10-14(11-13)27-2)17(22)20-5-7-21(8-6-20)18(23)15-3-4-16(28-15)19(24)25/h9-11,15-16H,3-8H2,1-2H3,(H,24,25)/t15-,16+/m0/s1. The molecule has 2 aliphatic heterocycles. The number of carboxylic acid groups (broad SMARTS) is 1. The number of carboxylic acids is 1. The average Bonchev–Trinajstić information content (AvgIpc) is 3.23. The van der Waals surface area contributed by atoms with Gasteiger partial charge in [0.1, 0.15) is 17.6 Å². The van der Waals surface area contributed by atoms with Crippen LogP contribution in [0.4, 0.5) is 0 Å². The van der Waals surface area contributed by atoms with E-state index < -0.39 is 18.2 Å². The van der Waals surface area contributed by atoms with Crippen LogP contribution in [0.1, 0.15) is 23.2 Å². The van der Waals surface area contributed by atoms with Crippen molar-refractivity contribution in [3.63, 3.8) is 0 Å². The molecule has 0 spiro atoms. The van der Waals surface area contributed by atoms with Gasteiger partial charge in [-0.05, 0) is 25.0 Å². The summed E-state index contributed by atoms with van der Waals surface area (Å²) in [5.74, 6) is -0.351. The predicted molar refractivity (Wildman–Crippen MR) is 97.6 cm³/mol. The Morgan fingerprint density at radius 2 is 1.46 bits per heavy atom. The number of ether oxygens (including phenoxy) is 3. The van der Waals surface area contributed by atoms with Crippen molar-refractivity contribution in [1.82, 2.24) is 9.80 Å². The molecule has 2 aliphatic rings. The van der Waals surface area contributed by atoms with Crippen molar-refractivity contribution in [2.45, 2.75) is 25.0 Å². The monoisotopic (exact) mass is 392 g/mol.